The molecule has 1 atom stereocenters. The molecule has 22 heavy (non-hydrogen) atoms. The number of hydrogen-bond acceptors (Lipinski definition) is 3. The van der Waals surface area contributed by atoms with Crippen molar-refractivity contribution in [2.24, 2.45) is 14.1 Å². The van der Waals surface area contributed by atoms with Gasteiger partial charge in [0.2, 0.25) is 0 Å². The van der Waals surface area contributed by atoms with E-state index in [1.807, 2.05) is 30.3 Å². The Morgan fingerprint density at radius 2 is 1.73 bits per heavy atom. The van der Waals surface area contributed by atoms with E-state index in [1.54, 1.807) is 7.05 Å². The summed E-state index contributed by atoms with van der Waals surface area (Å²) < 4.78 is 14.6. The lowest BCUT2D eigenvalue weighted by Gasteiger charge is -2.09. The van der Waals surface area contributed by atoms with Gasteiger partial charge in [-0.05, 0) is 18.4 Å². The van der Waals surface area contributed by atoms with Crippen LogP contribution in [0.25, 0.3) is 0 Å². The monoisotopic (exact) mass is 320 g/mol. The van der Waals surface area contributed by atoms with Crippen LogP contribution in [0.2, 0.25) is 0 Å². The van der Waals surface area contributed by atoms with E-state index in [1.165, 1.54) is 23.2 Å². The number of benzene rings is 1. The molecule has 2 aromatic rings. The van der Waals surface area contributed by atoms with E-state index in [9.17, 15) is 13.8 Å². The van der Waals surface area contributed by atoms with Gasteiger partial charge in [-0.3, -0.25) is 18.1 Å². The Kier molecular flexibility index (Phi) is 5.49. The number of rotatable bonds is 6. The van der Waals surface area contributed by atoms with Crippen LogP contribution in [0.1, 0.15) is 17.7 Å². The van der Waals surface area contributed by atoms with E-state index >= 15 is 0 Å². The highest BCUT2D eigenvalue weighted by Crippen LogP contribution is 2.05. The second-order valence-corrected chi connectivity index (χ2v) is 6.83. The van der Waals surface area contributed by atoms with Crippen LogP contribution >= 0.6 is 0 Å². The summed E-state index contributed by atoms with van der Waals surface area (Å²) in [5.74, 6) is 0.787. The Bertz CT molecular complexity index is 778. The van der Waals surface area contributed by atoms with Gasteiger partial charge >= 0.3 is 5.69 Å². The van der Waals surface area contributed by atoms with Gasteiger partial charge in [-0.25, -0.2) is 4.79 Å². The summed E-state index contributed by atoms with van der Waals surface area (Å²) in [6, 6.07) is 11.4. The summed E-state index contributed by atoms with van der Waals surface area (Å²) in [5.41, 5.74) is 0.995. The minimum Gasteiger partial charge on any atom is -0.300 e. The topological polar surface area (TPSA) is 61.1 Å². The third-order valence-corrected chi connectivity index (χ3v) is 4.98. The maximum absolute atomic E-state index is 12.1. The van der Waals surface area contributed by atoms with Crippen LogP contribution in [-0.2, 0) is 37.1 Å². The molecule has 0 aliphatic rings. The molecule has 0 radical (unpaired) electrons. The van der Waals surface area contributed by atoms with Crippen LogP contribution in [0.5, 0.6) is 0 Å². The fourth-order valence-corrected chi connectivity index (χ4v) is 3.45. The summed E-state index contributed by atoms with van der Waals surface area (Å²) in [7, 11) is 1.95. The zero-order valence-electron chi connectivity index (χ0n) is 12.8. The standard InChI is InChI=1S/C16H20N2O3S/c1-17-14(11-15(19)18(2)16(17)20)12-22(21)10-6-9-13-7-4-3-5-8-13/h3-5,7-8,11H,6,9-10,12H2,1-2H3/t22-/m0/s1. The highest BCUT2D eigenvalue weighted by atomic mass is 32.2. The zero-order valence-corrected chi connectivity index (χ0v) is 13.6. The van der Waals surface area contributed by atoms with Crippen molar-refractivity contribution in [2.75, 3.05) is 5.75 Å². The van der Waals surface area contributed by atoms with Crippen molar-refractivity contribution >= 4 is 10.8 Å². The molecule has 0 N–H and O–H groups in total. The third kappa shape index (κ3) is 4.04. The van der Waals surface area contributed by atoms with E-state index in [0.29, 0.717) is 11.4 Å². The minimum atomic E-state index is -1.09. The first kappa shape index (κ1) is 16.4. The number of aromatic nitrogens is 2. The van der Waals surface area contributed by atoms with Gasteiger partial charge in [0.1, 0.15) is 0 Å². The minimum absolute atomic E-state index is 0.233. The molecule has 0 aliphatic heterocycles. The lowest BCUT2D eigenvalue weighted by molar-refractivity contribution is 0.654. The zero-order chi connectivity index (χ0) is 16.1. The Hall–Kier alpha value is -1.95. The van der Waals surface area contributed by atoms with Gasteiger partial charge in [-0.15, -0.1) is 0 Å². The Balaban J connectivity index is 1.95. The second kappa shape index (κ2) is 7.35. The van der Waals surface area contributed by atoms with E-state index in [4.69, 9.17) is 0 Å². The van der Waals surface area contributed by atoms with Crippen molar-refractivity contribution < 1.29 is 4.21 Å². The Morgan fingerprint density at radius 3 is 2.41 bits per heavy atom. The van der Waals surface area contributed by atoms with Crippen LogP contribution in [0.4, 0.5) is 0 Å². The Morgan fingerprint density at radius 1 is 1.05 bits per heavy atom. The van der Waals surface area contributed by atoms with Crippen LogP contribution in [0.3, 0.4) is 0 Å². The molecule has 0 amide bonds. The predicted octanol–water partition coefficient (Wildman–Crippen LogP) is 0.966. The van der Waals surface area contributed by atoms with E-state index in [2.05, 4.69) is 0 Å². The molecule has 0 unspecified atom stereocenters. The predicted molar refractivity (Wildman–Crippen MR) is 88.4 cm³/mol. The fourth-order valence-electron chi connectivity index (χ4n) is 2.24. The first-order valence-corrected chi connectivity index (χ1v) is 8.62. The van der Waals surface area contributed by atoms with Crippen LogP contribution in [-0.4, -0.2) is 19.1 Å². The molecule has 5 nitrogen and oxygen atoms in total. The summed E-state index contributed by atoms with van der Waals surface area (Å²) in [6.45, 7) is 0. The number of nitrogens with zero attached hydrogens (tertiary/aromatic N) is 2. The quantitative estimate of drug-likeness (QED) is 0.797. The van der Waals surface area contributed by atoms with Crippen molar-refractivity contribution in [1.29, 1.82) is 0 Å². The maximum Gasteiger partial charge on any atom is 0.330 e. The van der Waals surface area contributed by atoms with E-state index in [-0.39, 0.29) is 17.0 Å². The molecule has 0 saturated heterocycles. The fraction of sp³-hybridized carbons (Fsp3) is 0.375. The molecule has 0 bridgehead atoms. The molecule has 0 aliphatic carbocycles. The highest BCUT2D eigenvalue weighted by Gasteiger charge is 2.09. The molecule has 1 aromatic carbocycles. The molecule has 2 rings (SSSR count). The largest absolute Gasteiger partial charge is 0.330 e. The summed E-state index contributed by atoms with van der Waals surface area (Å²) in [4.78, 5) is 23.5. The average Bonchev–Trinajstić information content (AvgIpc) is 2.51. The molecular formula is C16H20N2O3S. The third-order valence-electron chi connectivity index (χ3n) is 3.61. The van der Waals surface area contributed by atoms with Crippen LogP contribution in [0.15, 0.2) is 46.0 Å². The average molecular weight is 320 g/mol. The summed E-state index contributed by atoms with van der Waals surface area (Å²) in [6.07, 6.45) is 1.69. The number of aryl methyl sites for hydroxylation is 1. The smallest absolute Gasteiger partial charge is 0.300 e. The molecule has 1 heterocycles. The lowest BCUT2D eigenvalue weighted by Crippen LogP contribution is -2.38. The van der Waals surface area contributed by atoms with E-state index in [0.717, 1.165) is 17.4 Å². The highest BCUT2D eigenvalue weighted by molar-refractivity contribution is 7.84. The maximum atomic E-state index is 12.1. The van der Waals surface area contributed by atoms with Crippen molar-refractivity contribution in [2.45, 2.75) is 18.6 Å². The second-order valence-electron chi connectivity index (χ2n) is 5.25. The van der Waals surface area contributed by atoms with Crippen LogP contribution in [0, 0.1) is 0 Å². The van der Waals surface area contributed by atoms with E-state index < -0.39 is 10.8 Å². The number of hydrogen-bond donors (Lipinski definition) is 0. The van der Waals surface area contributed by atoms with Gasteiger partial charge in [-0.2, -0.15) is 0 Å². The van der Waals surface area contributed by atoms with Crippen molar-refractivity contribution in [3.05, 3.63) is 68.5 Å². The Labute approximate surface area is 131 Å². The molecule has 118 valence electrons. The normalized spacial score (nSPS) is 12.3. The lowest BCUT2D eigenvalue weighted by atomic mass is 10.1. The van der Waals surface area contributed by atoms with Gasteiger partial charge in [0.15, 0.2) is 0 Å². The van der Waals surface area contributed by atoms with Crippen molar-refractivity contribution in [3.8, 4) is 0 Å². The van der Waals surface area contributed by atoms with Gasteiger partial charge < -0.3 is 0 Å². The van der Waals surface area contributed by atoms with Crippen molar-refractivity contribution in [1.82, 2.24) is 9.13 Å². The summed E-state index contributed by atoms with van der Waals surface area (Å²) >= 11 is 0. The van der Waals surface area contributed by atoms with Gasteiger partial charge in [0.25, 0.3) is 5.56 Å². The first-order valence-electron chi connectivity index (χ1n) is 7.14. The molecule has 1 aromatic heterocycles. The van der Waals surface area contributed by atoms with Gasteiger partial charge in [-0.1, -0.05) is 30.3 Å². The SMILES string of the molecule is Cn1c(C[S@@](=O)CCCc2ccccc2)cc(=O)n(C)c1=O. The first-order chi connectivity index (χ1) is 10.5. The summed E-state index contributed by atoms with van der Waals surface area (Å²) in [5, 5.41) is 0. The molecule has 0 fully saturated rings. The van der Waals surface area contributed by atoms with Crippen molar-refractivity contribution in [3.63, 3.8) is 0 Å². The van der Waals surface area contributed by atoms with Gasteiger partial charge in [0.05, 0.1) is 5.75 Å². The van der Waals surface area contributed by atoms with Crippen LogP contribution < -0.4 is 11.2 Å². The molecule has 0 spiro atoms. The molecule has 0 saturated carbocycles. The van der Waals surface area contributed by atoms with Gasteiger partial charge in [0, 0.05) is 42.4 Å². The molecular weight excluding hydrogens is 300 g/mol. The molecule has 6 heteroatoms.